The van der Waals surface area contributed by atoms with Crippen LogP contribution in [0.5, 0.6) is 0 Å². The van der Waals surface area contributed by atoms with Crippen molar-refractivity contribution in [1.82, 2.24) is 0 Å². The van der Waals surface area contributed by atoms with Gasteiger partial charge in [-0.1, -0.05) is 48.5 Å². The Morgan fingerprint density at radius 3 is 1.50 bits per heavy atom. The van der Waals surface area contributed by atoms with E-state index in [1.54, 1.807) is 0 Å². The normalized spacial score (nSPS) is 10.6. The van der Waals surface area contributed by atoms with Crippen LogP contribution in [0.15, 0.2) is 60.7 Å². The van der Waals surface area contributed by atoms with Crippen LogP contribution in [0.25, 0.3) is 0 Å². The molecular weight excluding hydrogens is 304 g/mol. The molecule has 0 aliphatic carbocycles. The van der Waals surface area contributed by atoms with E-state index in [2.05, 4.69) is 0 Å². The van der Waals surface area contributed by atoms with Gasteiger partial charge in [0.05, 0.1) is 0 Å². The molecule has 124 valence electrons. The highest BCUT2D eigenvalue weighted by atomic mass is 16.5. The molecule has 4 heteroatoms. The zero-order valence-electron chi connectivity index (χ0n) is 13.8. The Morgan fingerprint density at radius 2 is 1.12 bits per heavy atom. The van der Waals surface area contributed by atoms with Gasteiger partial charge in [0.2, 0.25) is 0 Å². The van der Waals surface area contributed by atoms with Crippen molar-refractivity contribution in [1.29, 1.82) is 0 Å². The Labute approximate surface area is 141 Å². The first-order chi connectivity index (χ1) is 11.6. The van der Waals surface area contributed by atoms with Gasteiger partial charge in [-0.3, -0.25) is 0 Å². The van der Waals surface area contributed by atoms with Crippen molar-refractivity contribution >= 4 is 11.9 Å². The molecule has 2 aromatic carbocycles. The molecule has 0 heterocycles. The van der Waals surface area contributed by atoms with Gasteiger partial charge in [0.15, 0.2) is 0 Å². The molecule has 0 saturated heterocycles. The van der Waals surface area contributed by atoms with E-state index in [4.69, 9.17) is 9.47 Å². The molecule has 0 amide bonds. The molecule has 0 aliphatic heterocycles. The van der Waals surface area contributed by atoms with Crippen LogP contribution >= 0.6 is 0 Å². The minimum Gasteiger partial charge on any atom is -0.458 e. The number of carbonyl (C=O) groups excluding carboxylic acids is 2. The van der Waals surface area contributed by atoms with E-state index in [0.717, 1.165) is 34.4 Å². The monoisotopic (exact) mass is 324 g/mol. The summed E-state index contributed by atoms with van der Waals surface area (Å²) in [6, 6.07) is 15.3. The number of carbonyl (C=O) groups is 2. The van der Waals surface area contributed by atoms with Crippen molar-refractivity contribution in [2.24, 2.45) is 0 Å². The molecule has 0 atom stereocenters. The molecule has 0 N–H and O–H groups in total. The average Bonchev–Trinajstić information content (AvgIpc) is 2.58. The van der Waals surface area contributed by atoms with Gasteiger partial charge < -0.3 is 9.47 Å². The SMILES string of the molecule is Cc1ccccc1COC(=O)C=CC(=O)OCc1ccccc1C. The van der Waals surface area contributed by atoms with Crippen LogP contribution < -0.4 is 0 Å². The van der Waals surface area contributed by atoms with Crippen LogP contribution in [-0.4, -0.2) is 11.9 Å². The number of esters is 2. The highest BCUT2D eigenvalue weighted by Gasteiger charge is 2.04. The van der Waals surface area contributed by atoms with Crippen molar-refractivity contribution in [2.75, 3.05) is 0 Å². The quantitative estimate of drug-likeness (QED) is 0.601. The smallest absolute Gasteiger partial charge is 0.331 e. The highest BCUT2D eigenvalue weighted by molar-refractivity contribution is 5.91. The second-order valence-corrected chi connectivity index (χ2v) is 5.40. The van der Waals surface area contributed by atoms with Crippen molar-refractivity contribution in [3.63, 3.8) is 0 Å². The third kappa shape index (κ3) is 5.39. The molecule has 0 fully saturated rings. The fourth-order valence-corrected chi connectivity index (χ4v) is 2.07. The van der Waals surface area contributed by atoms with E-state index < -0.39 is 11.9 Å². The van der Waals surface area contributed by atoms with Gasteiger partial charge >= 0.3 is 11.9 Å². The standard InChI is InChI=1S/C20H20O4/c1-15-7-3-5-9-17(15)13-23-19(21)11-12-20(22)24-14-18-10-6-4-8-16(18)2/h3-12H,13-14H2,1-2H3. The maximum absolute atomic E-state index is 11.6. The van der Waals surface area contributed by atoms with Gasteiger partial charge in [-0.05, 0) is 36.1 Å². The summed E-state index contributed by atoms with van der Waals surface area (Å²) in [6.45, 7) is 4.24. The van der Waals surface area contributed by atoms with Crippen LogP contribution in [0.4, 0.5) is 0 Å². The summed E-state index contributed by atoms with van der Waals surface area (Å²) >= 11 is 0. The van der Waals surface area contributed by atoms with Gasteiger partial charge in [0, 0.05) is 12.2 Å². The van der Waals surface area contributed by atoms with Crippen molar-refractivity contribution in [3.8, 4) is 0 Å². The van der Waals surface area contributed by atoms with E-state index >= 15 is 0 Å². The number of ether oxygens (including phenoxy) is 2. The first kappa shape index (κ1) is 17.5. The molecule has 0 spiro atoms. The van der Waals surface area contributed by atoms with Crippen LogP contribution in [0.3, 0.4) is 0 Å². The number of rotatable bonds is 6. The summed E-state index contributed by atoms with van der Waals surface area (Å²) in [7, 11) is 0. The van der Waals surface area contributed by atoms with Gasteiger partial charge in [0.25, 0.3) is 0 Å². The van der Waals surface area contributed by atoms with Gasteiger partial charge in [-0.2, -0.15) is 0 Å². The third-order valence-corrected chi connectivity index (χ3v) is 3.62. The van der Waals surface area contributed by atoms with E-state index in [0.29, 0.717) is 0 Å². The van der Waals surface area contributed by atoms with Crippen LogP contribution in [-0.2, 0) is 32.3 Å². The molecule has 2 aromatic rings. The predicted octanol–water partition coefficient (Wildman–Crippen LogP) is 3.65. The Balaban J connectivity index is 1.78. The van der Waals surface area contributed by atoms with Gasteiger partial charge in [0.1, 0.15) is 13.2 Å². The van der Waals surface area contributed by atoms with E-state index in [1.807, 2.05) is 62.4 Å². The zero-order chi connectivity index (χ0) is 17.4. The maximum atomic E-state index is 11.6. The Hall–Kier alpha value is -2.88. The lowest BCUT2D eigenvalue weighted by Gasteiger charge is -2.06. The fourth-order valence-electron chi connectivity index (χ4n) is 2.07. The Kier molecular flexibility index (Phi) is 6.32. The molecule has 4 nitrogen and oxygen atoms in total. The number of hydrogen-bond donors (Lipinski definition) is 0. The number of hydrogen-bond acceptors (Lipinski definition) is 4. The third-order valence-electron chi connectivity index (χ3n) is 3.62. The molecular formula is C20H20O4. The lowest BCUT2D eigenvalue weighted by Crippen LogP contribution is -2.05. The van der Waals surface area contributed by atoms with E-state index in [9.17, 15) is 9.59 Å². The summed E-state index contributed by atoms with van der Waals surface area (Å²) in [4.78, 5) is 23.3. The van der Waals surface area contributed by atoms with Crippen molar-refractivity contribution < 1.29 is 19.1 Å². The van der Waals surface area contributed by atoms with E-state index in [-0.39, 0.29) is 13.2 Å². The second kappa shape index (κ2) is 8.67. The number of aryl methyl sites for hydroxylation is 2. The molecule has 0 aliphatic rings. The highest BCUT2D eigenvalue weighted by Crippen LogP contribution is 2.09. The lowest BCUT2D eigenvalue weighted by molar-refractivity contribution is -0.141. The average molecular weight is 324 g/mol. The topological polar surface area (TPSA) is 52.6 Å². The lowest BCUT2D eigenvalue weighted by atomic mass is 10.1. The minimum atomic E-state index is -0.578. The maximum Gasteiger partial charge on any atom is 0.331 e. The molecule has 0 bridgehead atoms. The van der Waals surface area contributed by atoms with Crippen molar-refractivity contribution in [3.05, 3.63) is 82.9 Å². The molecule has 24 heavy (non-hydrogen) atoms. The summed E-state index contributed by atoms with van der Waals surface area (Å²) in [5, 5.41) is 0. The first-order valence-corrected chi connectivity index (χ1v) is 7.67. The Morgan fingerprint density at radius 1 is 0.750 bits per heavy atom. The van der Waals surface area contributed by atoms with Crippen LogP contribution in [0.2, 0.25) is 0 Å². The number of benzene rings is 2. The first-order valence-electron chi connectivity index (χ1n) is 7.67. The fraction of sp³-hybridized carbons (Fsp3) is 0.200. The summed E-state index contributed by atoms with van der Waals surface area (Å²) in [6.07, 6.45) is 2.16. The molecule has 0 radical (unpaired) electrons. The minimum absolute atomic E-state index is 0.175. The summed E-state index contributed by atoms with van der Waals surface area (Å²) < 4.78 is 10.2. The molecule has 2 rings (SSSR count). The second-order valence-electron chi connectivity index (χ2n) is 5.40. The molecule has 0 saturated carbocycles. The van der Waals surface area contributed by atoms with Crippen molar-refractivity contribution in [2.45, 2.75) is 27.1 Å². The largest absolute Gasteiger partial charge is 0.458 e. The molecule has 0 aromatic heterocycles. The predicted molar refractivity (Wildman–Crippen MR) is 91.1 cm³/mol. The van der Waals surface area contributed by atoms with Crippen LogP contribution in [0.1, 0.15) is 22.3 Å². The summed E-state index contributed by atoms with van der Waals surface area (Å²) in [5.41, 5.74) is 3.96. The zero-order valence-corrected chi connectivity index (χ0v) is 13.8. The molecule has 0 unspecified atom stereocenters. The Bertz CT molecular complexity index is 683. The van der Waals surface area contributed by atoms with Gasteiger partial charge in [-0.15, -0.1) is 0 Å². The van der Waals surface area contributed by atoms with E-state index in [1.165, 1.54) is 0 Å². The van der Waals surface area contributed by atoms with Crippen LogP contribution in [0, 0.1) is 13.8 Å². The summed E-state index contributed by atoms with van der Waals surface area (Å²) in [5.74, 6) is -1.16. The van der Waals surface area contributed by atoms with Gasteiger partial charge in [-0.25, -0.2) is 9.59 Å².